The van der Waals surface area contributed by atoms with Crippen LogP contribution in [0.1, 0.15) is 10.4 Å². The van der Waals surface area contributed by atoms with E-state index in [1.807, 2.05) is 24.3 Å². The number of anilines is 3. The van der Waals surface area contributed by atoms with Crippen molar-refractivity contribution >= 4 is 39.0 Å². The van der Waals surface area contributed by atoms with Gasteiger partial charge in [0.25, 0.3) is 0 Å². The van der Waals surface area contributed by atoms with Crippen LogP contribution in [0.2, 0.25) is 0 Å². The third kappa shape index (κ3) is 3.26. The lowest BCUT2D eigenvalue weighted by molar-refractivity contribution is 0.0601. The van der Waals surface area contributed by atoms with Crippen LogP contribution in [0, 0.1) is 0 Å². The van der Waals surface area contributed by atoms with Gasteiger partial charge in [-0.3, -0.25) is 0 Å². The summed E-state index contributed by atoms with van der Waals surface area (Å²) in [7, 11) is 1.36. The summed E-state index contributed by atoms with van der Waals surface area (Å²) < 4.78 is 5.60. The van der Waals surface area contributed by atoms with Gasteiger partial charge in [0.2, 0.25) is 0 Å². The Labute approximate surface area is 119 Å². The zero-order valence-corrected chi connectivity index (χ0v) is 11.9. The van der Waals surface area contributed by atoms with Gasteiger partial charge >= 0.3 is 5.97 Å². The molecule has 0 spiro atoms. The van der Waals surface area contributed by atoms with Crippen LogP contribution in [0.5, 0.6) is 0 Å². The number of nitrogen functional groups attached to an aromatic ring is 1. The fourth-order valence-corrected chi connectivity index (χ4v) is 2.02. The summed E-state index contributed by atoms with van der Waals surface area (Å²) in [5, 5.41) is 3.17. The second-order valence-corrected chi connectivity index (χ2v) is 4.84. The van der Waals surface area contributed by atoms with Crippen LogP contribution in [0.15, 0.2) is 46.9 Å². The van der Waals surface area contributed by atoms with Crippen molar-refractivity contribution in [1.29, 1.82) is 0 Å². The summed E-state index contributed by atoms with van der Waals surface area (Å²) in [6, 6.07) is 12.6. The molecule has 5 heteroatoms. The molecule has 0 atom stereocenters. The molecule has 19 heavy (non-hydrogen) atoms. The predicted molar refractivity (Wildman–Crippen MR) is 79.6 cm³/mol. The number of methoxy groups -OCH3 is 1. The molecule has 0 fully saturated rings. The highest BCUT2D eigenvalue weighted by molar-refractivity contribution is 9.10. The lowest BCUT2D eigenvalue weighted by Gasteiger charge is -2.10. The van der Waals surface area contributed by atoms with Crippen LogP contribution in [0.3, 0.4) is 0 Å². The summed E-state index contributed by atoms with van der Waals surface area (Å²) in [6.07, 6.45) is 0. The fourth-order valence-electron chi connectivity index (χ4n) is 1.64. The number of esters is 1. The number of hydrogen-bond acceptors (Lipinski definition) is 4. The van der Waals surface area contributed by atoms with Crippen molar-refractivity contribution in [2.75, 3.05) is 18.2 Å². The topological polar surface area (TPSA) is 64.3 Å². The van der Waals surface area contributed by atoms with Crippen LogP contribution in [0.4, 0.5) is 17.1 Å². The van der Waals surface area contributed by atoms with Crippen LogP contribution >= 0.6 is 15.9 Å². The standard InChI is InChI=1S/C14H13BrN2O2/c1-19-14(18)9-3-2-4-11(7-9)17-13-6-5-10(15)8-12(13)16/h2-8,17H,16H2,1H3. The van der Waals surface area contributed by atoms with Crippen molar-refractivity contribution in [3.63, 3.8) is 0 Å². The van der Waals surface area contributed by atoms with Gasteiger partial charge in [0, 0.05) is 10.2 Å². The summed E-state index contributed by atoms with van der Waals surface area (Å²) in [5.74, 6) is -0.368. The van der Waals surface area contributed by atoms with Crippen LogP contribution in [0.25, 0.3) is 0 Å². The van der Waals surface area contributed by atoms with E-state index in [4.69, 9.17) is 5.73 Å². The molecule has 0 aliphatic carbocycles. The Morgan fingerprint density at radius 3 is 2.74 bits per heavy atom. The number of nitrogens with one attached hydrogen (secondary N) is 1. The minimum atomic E-state index is -0.368. The van der Waals surface area contributed by atoms with Crippen LogP contribution in [-0.2, 0) is 4.74 Å². The third-order valence-corrected chi connectivity index (χ3v) is 3.07. The maximum atomic E-state index is 11.4. The molecule has 2 rings (SSSR count). The number of benzene rings is 2. The van der Waals surface area contributed by atoms with Gasteiger partial charge in [-0.25, -0.2) is 4.79 Å². The molecule has 0 radical (unpaired) electrons. The predicted octanol–water partition coefficient (Wildman–Crippen LogP) is 3.56. The van der Waals surface area contributed by atoms with E-state index in [0.717, 1.165) is 15.8 Å². The molecular weight excluding hydrogens is 308 g/mol. The van der Waals surface area contributed by atoms with E-state index in [9.17, 15) is 4.79 Å². The molecule has 4 nitrogen and oxygen atoms in total. The number of carbonyl (C=O) groups excluding carboxylic acids is 1. The Hall–Kier alpha value is -2.01. The van der Waals surface area contributed by atoms with Crippen LogP contribution < -0.4 is 11.1 Å². The Balaban J connectivity index is 2.26. The maximum absolute atomic E-state index is 11.4. The minimum Gasteiger partial charge on any atom is -0.465 e. The molecular formula is C14H13BrN2O2. The number of nitrogens with two attached hydrogens (primary N) is 1. The van der Waals surface area contributed by atoms with Crippen molar-refractivity contribution in [2.24, 2.45) is 0 Å². The third-order valence-electron chi connectivity index (χ3n) is 2.58. The largest absolute Gasteiger partial charge is 0.465 e. The van der Waals surface area contributed by atoms with E-state index < -0.39 is 0 Å². The van der Waals surface area contributed by atoms with Gasteiger partial charge in [-0.05, 0) is 36.4 Å². The normalized spacial score (nSPS) is 10.0. The molecule has 2 aromatic carbocycles. The monoisotopic (exact) mass is 320 g/mol. The van der Waals surface area contributed by atoms with Gasteiger partial charge in [0.15, 0.2) is 0 Å². The molecule has 2 aromatic rings. The Morgan fingerprint density at radius 1 is 1.26 bits per heavy atom. The molecule has 0 saturated carbocycles. The highest BCUT2D eigenvalue weighted by Gasteiger charge is 2.06. The van der Waals surface area contributed by atoms with E-state index >= 15 is 0 Å². The van der Waals surface area contributed by atoms with E-state index in [1.54, 1.807) is 18.2 Å². The molecule has 0 bridgehead atoms. The highest BCUT2D eigenvalue weighted by Crippen LogP contribution is 2.26. The molecule has 98 valence electrons. The van der Waals surface area contributed by atoms with Gasteiger partial charge in [-0.2, -0.15) is 0 Å². The summed E-state index contributed by atoms with van der Waals surface area (Å²) in [4.78, 5) is 11.4. The number of ether oxygens (including phenoxy) is 1. The summed E-state index contributed by atoms with van der Waals surface area (Å²) >= 11 is 3.35. The first-order chi connectivity index (χ1) is 9.10. The molecule has 0 aliphatic rings. The lowest BCUT2D eigenvalue weighted by Crippen LogP contribution is -2.02. The summed E-state index contributed by atoms with van der Waals surface area (Å²) in [5.41, 5.74) is 8.58. The SMILES string of the molecule is COC(=O)c1cccc(Nc2ccc(Br)cc2N)c1. The molecule has 0 aromatic heterocycles. The number of halogens is 1. The van der Waals surface area contributed by atoms with E-state index in [-0.39, 0.29) is 5.97 Å². The highest BCUT2D eigenvalue weighted by atomic mass is 79.9. The van der Waals surface area contributed by atoms with Crippen molar-refractivity contribution < 1.29 is 9.53 Å². The number of carbonyl (C=O) groups is 1. The molecule has 0 unspecified atom stereocenters. The molecule has 0 amide bonds. The van der Waals surface area contributed by atoms with E-state index in [2.05, 4.69) is 26.0 Å². The zero-order chi connectivity index (χ0) is 13.8. The number of rotatable bonds is 3. The van der Waals surface area contributed by atoms with Gasteiger partial charge < -0.3 is 15.8 Å². The Kier molecular flexibility index (Phi) is 4.06. The fraction of sp³-hybridized carbons (Fsp3) is 0.0714. The number of hydrogen-bond donors (Lipinski definition) is 2. The quantitative estimate of drug-likeness (QED) is 0.670. The van der Waals surface area contributed by atoms with E-state index in [1.165, 1.54) is 7.11 Å². The smallest absolute Gasteiger partial charge is 0.337 e. The van der Waals surface area contributed by atoms with Gasteiger partial charge in [0.1, 0.15) is 0 Å². The lowest BCUT2D eigenvalue weighted by atomic mass is 10.2. The molecule has 0 heterocycles. The van der Waals surface area contributed by atoms with Gasteiger partial charge in [-0.1, -0.05) is 22.0 Å². The second kappa shape index (κ2) is 5.75. The first kappa shape index (κ1) is 13.4. The van der Waals surface area contributed by atoms with Crippen molar-refractivity contribution in [3.05, 3.63) is 52.5 Å². The molecule has 0 aliphatic heterocycles. The van der Waals surface area contributed by atoms with E-state index in [0.29, 0.717) is 11.3 Å². The average molecular weight is 321 g/mol. The van der Waals surface area contributed by atoms with Crippen molar-refractivity contribution in [1.82, 2.24) is 0 Å². The minimum absolute atomic E-state index is 0.368. The first-order valence-electron chi connectivity index (χ1n) is 5.60. The first-order valence-corrected chi connectivity index (χ1v) is 6.40. The molecule has 3 N–H and O–H groups in total. The van der Waals surface area contributed by atoms with Crippen LogP contribution in [-0.4, -0.2) is 13.1 Å². The Morgan fingerprint density at radius 2 is 2.05 bits per heavy atom. The molecule has 0 saturated heterocycles. The zero-order valence-electron chi connectivity index (χ0n) is 10.3. The van der Waals surface area contributed by atoms with Crippen molar-refractivity contribution in [3.8, 4) is 0 Å². The summed E-state index contributed by atoms with van der Waals surface area (Å²) in [6.45, 7) is 0. The maximum Gasteiger partial charge on any atom is 0.337 e. The average Bonchev–Trinajstić information content (AvgIpc) is 2.41. The Bertz CT molecular complexity index is 614. The van der Waals surface area contributed by atoms with Gasteiger partial charge in [0.05, 0.1) is 24.0 Å². The van der Waals surface area contributed by atoms with Gasteiger partial charge in [-0.15, -0.1) is 0 Å². The second-order valence-electron chi connectivity index (χ2n) is 3.93. The van der Waals surface area contributed by atoms with Crippen molar-refractivity contribution in [2.45, 2.75) is 0 Å².